The summed E-state index contributed by atoms with van der Waals surface area (Å²) in [6, 6.07) is -1.19. The summed E-state index contributed by atoms with van der Waals surface area (Å²) in [4.78, 5) is 84.5. The lowest BCUT2D eigenvalue weighted by atomic mass is 9.80. The largest absolute Gasteiger partial charge is 0.463 e. The number of hydrogen-bond donors (Lipinski definition) is 1. The molecule has 254 valence electrons. The Morgan fingerprint density at radius 1 is 0.556 bits per heavy atom. The fraction of sp³-hybridized carbons (Fsp3) is 0.750. The van der Waals surface area contributed by atoms with Crippen LogP contribution in [-0.4, -0.2) is 117 Å². The fourth-order valence-electron chi connectivity index (χ4n) is 5.35. The van der Waals surface area contributed by atoms with Crippen molar-refractivity contribution in [3.63, 3.8) is 0 Å². The molecular formula is C28H41NO16. The zero-order chi connectivity index (χ0) is 34.0. The molecule has 10 atom stereocenters. The smallest absolute Gasteiger partial charge is 0.303 e. The Hall–Kier alpha value is -3.83. The van der Waals surface area contributed by atoms with E-state index < -0.39 is 109 Å². The van der Waals surface area contributed by atoms with Crippen LogP contribution in [0.2, 0.25) is 0 Å². The number of methoxy groups -OCH3 is 1. The number of rotatable bonds is 12. The van der Waals surface area contributed by atoms with E-state index in [0.717, 1.165) is 34.6 Å². The van der Waals surface area contributed by atoms with Crippen LogP contribution < -0.4 is 5.32 Å². The Morgan fingerprint density at radius 2 is 1.02 bits per heavy atom. The fourth-order valence-corrected chi connectivity index (χ4v) is 5.35. The highest BCUT2D eigenvalue weighted by Crippen LogP contribution is 2.38. The van der Waals surface area contributed by atoms with E-state index in [9.17, 15) is 33.6 Å². The van der Waals surface area contributed by atoms with Gasteiger partial charge in [0.05, 0.1) is 12.1 Å². The van der Waals surface area contributed by atoms with E-state index in [1.807, 2.05) is 0 Å². The number of hydrogen-bond acceptors (Lipinski definition) is 16. The second-order valence-corrected chi connectivity index (χ2v) is 10.5. The molecule has 2 heterocycles. The van der Waals surface area contributed by atoms with Crippen molar-refractivity contribution >= 4 is 41.7 Å². The normalized spacial score (nSPS) is 31.0. The molecule has 0 aromatic carbocycles. The first-order valence-electron chi connectivity index (χ1n) is 14.1. The summed E-state index contributed by atoms with van der Waals surface area (Å²) < 4.78 is 50.1. The Morgan fingerprint density at radius 3 is 1.49 bits per heavy atom. The summed E-state index contributed by atoms with van der Waals surface area (Å²) in [7, 11) is 1.27. The summed E-state index contributed by atoms with van der Waals surface area (Å²) in [5.41, 5.74) is 0. The minimum atomic E-state index is -1.35. The molecule has 0 bridgehead atoms. The molecule has 0 aliphatic carbocycles. The van der Waals surface area contributed by atoms with Crippen molar-refractivity contribution < 1.29 is 76.2 Å². The number of nitrogens with one attached hydrogen (secondary N) is 1. The maximum atomic E-state index is 12.4. The van der Waals surface area contributed by atoms with Crippen LogP contribution in [0.3, 0.4) is 0 Å². The van der Waals surface area contributed by atoms with Gasteiger partial charge in [-0.3, -0.25) is 33.6 Å². The van der Waals surface area contributed by atoms with E-state index in [4.69, 9.17) is 42.6 Å². The zero-order valence-corrected chi connectivity index (χ0v) is 26.4. The minimum Gasteiger partial charge on any atom is -0.463 e. The van der Waals surface area contributed by atoms with Crippen molar-refractivity contribution in [2.45, 2.75) is 110 Å². The van der Waals surface area contributed by atoms with Gasteiger partial charge in [-0.25, -0.2) is 0 Å². The van der Waals surface area contributed by atoms with E-state index >= 15 is 0 Å². The minimum absolute atomic E-state index is 0.190. The molecule has 17 heteroatoms. The van der Waals surface area contributed by atoms with Crippen molar-refractivity contribution in [1.82, 2.24) is 5.32 Å². The number of carbonyl (C=O) groups is 7. The highest BCUT2D eigenvalue weighted by Gasteiger charge is 2.55. The Bertz CT molecular complexity index is 1110. The average Bonchev–Trinajstić information content (AvgIpc) is 2.90. The predicted octanol–water partition coefficient (Wildman–Crippen LogP) is -0.511. The van der Waals surface area contributed by atoms with Crippen LogP contribution >= 0.6 is 0 Å². The van der Waals surface area contributed by atoms with Crippen molar-refractivity contribution in [2.24, 2.45) is 5.92 Å². The van der Waals surface area contributed by atoms with Crippen molar-refractivity contribution in [3.05, 3.63) is 0 Å². The summed E-state index contributed by atoms with van der Waals surface area (Å²) in [5.74, 6) is -5.96. The van der Waals surface area contributed by atoms with E-state index in [-0.39, 0.29) is 13.0 Å². The highest BCUT2D eigenvalue weighted by molar-refractivity contribution is 5.74. The third-order valence-corrected chi connectivity index (χ3v) is 6.81. The van der Waals surface area contributed by atoms with Gasteiger partial charge in [-0.2, -0.15) is 0 Å². The SMILES string of the molecule is CO[C@@H]1O[C@H](COC(C)=O)[C@@H](C[C@@H]2O[C@H](COC(C)=O)[C@H](OC(C)=O)[C@H](OC(C)=O)[C@H]2NC(C)=O)[C@H](OC(C)=O)[C@H]1OC(C)=O. The Balaban J connectivity index is 2.69. The molecule has 1 N–H and O–H groups in total. The maximum Gasteiger partial charge on any atom is 0.303 e. The van der Waals surface area contributed by atoms with Gasteiger partial charge in [0.15, 0.2) is 24.6 Å². The van der Waals surface area contributed by atoms with Gasteiger partial charge in [0, 0.05) is 61.5 Å². The third-order valence-electron chi connectivity index (χ3n) is 6.81. The lowest BCUT2D eigenvalue weighted by molar-refractivity contribution is -0.296. The van der Waals surface area contributed by atoms with Gasteiger partial charge in [-0.05, 0) is 6.42 Å². The van der Waals surface area contributed by atoms with Crippen molar-refractivity contribution in [3.8, 4) is 0 Å². The molecule has 2 saturated heterocycles. The maximum absolute atomic E-state index is 12.4. The van der Waals surface area contributed by atoms with E-state index in [0.29, 0.717) is 0 Å². The van der Waals surface area contributed by atoms with Crippen LogP contribution in [0.5, 0.6) is 0 Å². The molecule has 0 spiro atoms. The molecule has 2 aliphatic heterocycles. The van der Waals surface area contributed by atoms with Gasteiger partial charge in [0.1, 0.15) is 31.5 Å². The van der Waals surface area contributed by atoms with Gasteiger partial charge in [-0.15, -0.1) is 0 Å². The van der Waals surface area contributed by atoms with Gasteiger partial charge >= 0.3 is 35.8 Å². The van der Waals surface area contributed by atoms with Crippen LogP contribution in [-0.2, 0) is 76.2 Å². The van der Waals surface area contributed by atoms with Gasteiger partial charge < -0.3 is 47.9 Å². The second-order valence-electron chi connectivity index (χ2n) is 10.5. The Labute approximate surface area is 259 Å². The Kier molecular flexibility index (Phi) is 14.1. The monoisotopic (exact) mass is 647 g/mol. The number of ether oxygens (including phenoxy) is 9. The van der Waals surface area contributed by atoms with Crippen LogP contribution in [0, 0.1) is 5.92 Å². The molecule has 17 nitrogen and oxygen atoms in total. The summed E-state index contributed by atoms with van der Waals surface area (Å²) in [5, 5.41) is 2.67. The van der Waals surface area contributed by atoms with Crippen LogP contribution in [0.15, 0.2) is 0 Å². The molecular weight excluding hydrogens is 606 g/mol. The molecule has 2 rings (SSSR count). The standard InChI is InChI=1S/C28H41NO16/c1-12(30)29-23-20(44-22(11-39-14(3)32)25(41-16(5)34)26(23)42-17(6)35)9-19-21(10-38-13(2)31)45-28(37-8)27(43-18(7)36)24(19)40-15(4)33/h19-28H,9-11H2,1-8H3,(H,29,30)/t19-,20+,21-,22-,23+,24+,25+,26-,27-,28-/m1/s1. The van der Waals surface area contributed by atoms with E-state index in [2.05, 4.69) is 5.32 Å². The highest BCUT2D eigenvalue weighted by atomic mass is 16.7. The van der Waals surface area contributed by atoms with Crippen LogP contribution in [0.25, 0.3) is 0 Å². The summed E-state index contributed by atoms with van der Waals surface area (Å²) in [6.07, 6.45) is -10.1. The lowest BCUT2D eigenvalue weighted by Crippen LogP contribution is -2.67. The first kappa shape index (κ1) is 37.4. The lowest BCUT2D eigenvalue weighted by Gasteiger charge is -2.49. The molecule has 2 fully saturated rings. The molecule has 2 aliphatic rings. The first-order valence-corrected chi connectivity index (χ1v) is 14.1. The number of carbonyl (C=O) groups excluding carboxylic acids is 7. The quantitative estimate of drug-likeness (QED) is 0.208. The molecule has 0 saturated carbocycles. The summed E-state index contributed by atoms with van der Waals surface area (Å²) in [6.45, 7) is 7.20. The molecule has 1 amide bonds. The zero-order valence-electron chi connectivity index (χ0n) is 26.4. The van der Waals surface area contributed by atoms with Crippen LogP contribution in [0.4, 0.5) is 0 Å². The summed E-state index contributed by atoms with van der Waals surface area (Å²) >= 11 is 0. The van der Waals surface area contributed by atoms with Crippen molar-refractivity contribution in [1.29, 1.82) is 0 Å². The second kappa shape index (κ2) is 17.0. The third kappa shape index (κ3) is 11.2. The van der Waals surface area contributed by atoms with E-state index in [1.54, 1.807) is 0 Å². The number of amides is 1. The molecule has 0 unspecified atom stereocenters. The van der Waals surface area contributed by atoms with Crippen LogP contribution in [0.1, 0.15) is 54.9 Å². The molecule has 45 heavy (non-hydrogen) atoms. The van der Waals surface area contributed by atoms with Gasteiger partial charge in [-0.1, -0.05) is 0 Å². The van der Waals surface area contributed by atoms with E-state index in [1.165, 1.54) is 21.0 Å². The van der Waals surface area contributed by atoms with Gasteiger partial charge in [0.2, 0.25) is 5.91 Å². The predicted molar refractivity (Wildman–Crippen MR) is 146 cm³/mol. The van der Waals surface area contributed by atoms with Gasteiger partial charge in [0.25, 0.3) is 0 Å². The topological polar surface area (TPSA) is 215 Å². The average molecular weight is 648 g/mol. The molecule has 0 aromatic heterocycles. The van der Waals surface area contributed by atoms with Crippen molar-refractivity contribution in [2.75, 3.05) is 20.3 Å². The molecule has 0 radical (unpaired) electrons. The number of esters is 6. The first-order chi connectivity index (χ1) is 21.0. The molecule has 0 aromatic rings.